The van der Waals surface area contributed by atoms with E-state index >= 15 is 4.39 Å². The van der Waals surface area contributed by atoms with Gasteiger partial charge in [0.15, 0.2) is 17.3 Å². The molecule has 10 nitrogen and oxygen atoms in total. The van der Waals surface area contributed by atoms with Crippen molar-refractivity contribution in [3.05, 3.63) is 76.3 Å². The Balaban J connectivity index is 1.57. The fraction of sp³-hybridized carbons (Fsp3) is 0.280. The Morgan fingerprint density at radius 2 is 2.08 bits per heavy atom. The zero-order valence-corrected chi connectivity index (χ0v) is 20.8. The SMILES string of the molecule is COc1ccc(F)c([C@@H]2O[C@@H](CCN3NNN=C3CC(=O)O)c3cccn3-c3ccc(Cl)cc32)c1OC. The molecule has 12 heteroatoms. The number of nitrogens with zero attached hydrogens (tertiary/aromatic N) is 3. The van der Waals surface area contributed by atoms with Crippen LogP contribution in [0, 0.1) is 5.82 Å². The van der Waals surface area contributed by atoms with Crippen LogP contribution in [0.1, 0.15) is 41.9 Å². The Kier molecular flexibility index (Phi) is 6.92. The normalized spacial score (nSPS) is 18.4. The number of carboxylic acids is 1. The summed E-state index contributed by atoms with van der Waals surface area (Å²) in [6, 6.07) is 12.1. The maximum absolute atomic E-state index is 15.5. The summed E-state index contributed by atoms with van der Waals surface area (Å²) < 4.78 is 35.2. The number of hydrogen-bond donors (Lipinski definition) is 3. The number of rotatable bonds is 8. The van der Waals surface area contributed by atoms with E-state index in [4.69, 9.17) is 25.8 Å². The third-order valence-corrected chi connectivity index (χ3v) is 6.58. The Bertz CT molecular complexity index is 1360. The second-order valence-corrected chi connectivity index (χ2v) is 8.91. The molecule has 0 unspecified atom stereocenters. The lowest BCUT2D eigenvalue weighted by Gasteiger charge is -2.27. The fourth-order valence-corrected chi connectivity index (χ4v) is 4.91. The molecule has 0 aliphatic carbocycles. The van der Waals surface area contributed by atoms with Gasteiger partial charge in [0.05, 0.1) is 31.2 Å². The molecule has 2 atom stereocenters. The number of aromatic nitrogens is 1. The monoisotopic (exact) mass is 529 g/mol. The first-order valence-corrected chi connectivity index (χ1v) is 11.9. The van der Waals surface area contributed by atoms with Crippen LogP contribution >= 0.6 is 11.6 Å². The maximum atomic E-state index is 15.5. The molecular formula is C25H25ClFN5O5. The fourth-order valence-electron chi connectivity index (χ4n) is 4.72. The van der Waals surface area contributed by atoms with Crippen LogP contribution in [0.2, 0.25) is 5.02 Å². The number of ether oxygens (including phenoxy) is 3. The zero-order chi connectivity index (χ0) is 26.1. The lowest BCUT2D eigenvalue weighted by Crippen LogP contribution is -2.42. The van der Waals surface area contributed by atoms with Crippen molar-refractivity contribution < 1.29 is 28.5 Å². The predicted molar refractivity (Wildman–Crippen MR) is 133 cm³/mol. The Hall–Kier alpha value is -3.80. The van der Waals surface area contributed by atoms with Crippen LogP contribution in [-0.2, 0) is 9.53 Å². The number of hydrazine groups is 2. The largest absolute Gasteiger partial charge is 0.493 e. The average Bonchev–Trinajstić information content (AvgIpc) is 3.51. The summed E-state index contributed by atoms with van der Waals surface area (Å²) in [5.74, 6) is -0.580. The van der Waals surface area contributed by atoms with Gasteiger partial charge in [-0.25, -0.2) is 9.93 Å². The van der Waals surface area contributed by atoms with Crippen LogP contribution in [-0.4, -0.2) is 47.3 Å². The van der Waals surface area contributed by atoms with Crippen LogP contribution in [0.5, 0.6) is 11.5 Å². The minimum absolute atomic E-state index is 0.190. The van der Waals surface area contributed by atoms with Crippen LogP contribution in [0.25, 0.3) is 5.69 Å². The summed E-state index contributed by atoms with van der Waals surface area (Å²) in [6.45, 7) is 0.358. The predicted octanol–water partition coefficient (Wildman–Crippen LogP) is 3.95. The molecule has 0 spiro atoms. The number of aliphatic carboxylic acids is 1. The number of hydrazone groups is 1. The highest BCUT2D eigenvalue weighted by atomic mass is 35.5. The van der Waals surface area contributed by atoms with Gasteiger partial charge in [0.1, 0.15) is 24.4 Å². The van der Waals surface area contributed by atoms with E-state index in [9.17, 15) is 9.90 Å². The number of amidine groups is 1. The first kappa shape index (κ1) is 24.9. The number of nitrogens with one attached hydrogen (secondary N) is 2. The minimum atomic E-state index is -0.998. The van der Waals surface area contributed by atoms with Gasteiger partial charge in [0, 0.05) is 23.3 Å². The highest BCUT2D eigenvalue weighted by Gasteiger charge is 2.35. The quantitative estimate of drug-likeness (QED) is 0.402. The third-order valence-electron chi connectivity index (χ3n) is 6.34. The van der Waals surface area contributed by atoms with Crippen molar-refractivity contribution in [3.63, 3.8) is 0 Å². The maximum Gasteiger partial charge on any atom is 0.311 e. The van der Waals surface area contributed by atoms with Crippen molar-refractivity contribution in [1.29, 1.82) is 0 Å². The van der Waals surface area contributed by atoms with Gasteiger partial charge in [-0.2, -0.15) is 0 Å². The van der Waals surface area contributed by atoms with E-state index in [1.54, 1.807) is 17.1 Å². The molecule has 0 saturated carbocycles. The van der Waals surface area contributed by atoms with Gasteiger partial charge in [0.2, 0.25) is 0 Å². The zero-order valence-electron chi connectivity index (χ0n) is 20.1. The average molecular weight is 530 g/mol. The molecule has 3 aromatic rings. The molecule has 0 amide bonds. The lowest BCUT2D eigenvalue weighted by atomic mass is 9.97. The molecule has 194 valence electrons. The Labute approximate surface area is 217 Å². The summed E-state index contributed by atoms with van der Waals surface area (Å²) >= 11 is 6.40. The summed E-state index contributed by atoms with van der Waals surface area (Å²) in [5.41, 5.74) is 7.91. The first-order chi connectivity index (χ1) is 17.9. The van der Waals surface area contributed by atoms with Crippen LogP contribution in [0.3, 0.4) is 0 Å². The van der Waals surface area contributed by atoms with E-state index in [-0.39, 0.29) is 17.7 Å². The molecule has 0 bridgehead atoms. The highest BCUT2D eigenvalue weighted by molar-refractivity contribution is 6.30. The van der Waals surface area contributed by atoms with Gasteiger partial charge >= 0.3 is 5.97 Å². The van der Waals surface area contributed by atoms with Gasteiger partial charge in [-0.05, 0) is 48.9 Å². The molecular weight excluding hydrogens is 505 g/mol. The number of fused-ring (bicyclic) bond motifs is 3. The van der Waals surface area contributed by atoms with Crippen molar-refractivity contribution in [2.45, 2.75) is 25.0 Å². The Morgan fingerprint density at radius 1 is 1.24 bits per heavy atom. The van der Waals surface area contributed by atoms with E-state index in [0.29, 0.717) is 35.1 Å². The van der Waals surface area contributed by atoms with Crippen molar-refractivity contribution in [2.24, 2.45) is 5.10 Å². The number of halogens is 2. The van der Waals surface area contributed by atoms with Crippen LogP contribution < -0.4 is 20.5 Å². The standard InChI is InChI=1S/C25H25ClFN5O5/c1-35-20-8-6-16(27)23(25(20)36-2)24-15-12-14(26)5-7-17(15)31-10-3-4-18(31)19(37-24)9-11-32-21(13-22(33)34)28-29-30-32/h3-8,10,12,19,24,29-30H,9,11,13H2,1-2H3,(H,33,34)/t19-,24+/m0/s1. The second kappa shape index (κ2) is 10.3. The number of carboxylic acid groups (broad SMARTS) is 1. The van der Waals surface area contributed by atoms with Crippen molar-refractivity contribution >= 4 is 23.4 Å². The molecule has 3 heterocycles. The number of carbonyl (C=O) groups is 1. The van der Waals surface area contributed by atoms with Gasteiger partial charge in [0.25, 0.3) is 0 Å². The highest BCUT2D eigenvalue weighted by Crippen LogP contribution is 2.47. The summed E-state index contributed by atoms with van der Waals surface area (Å²) in [7, 11) is 2.94. The molecule has 37 heavy (non-hydrogen) atoms. The molecule has 3 N–H and O–H groups in total. The molecule has 0 radical (unpaired) electrons. The molecule has 0 fully saturated rings. The molecule has 2 aliphatic heterocycles. The summed E-state index contributed by atoms with van der Waals surface area (Å²) in [5, 5.41) is 15.3. The Morgan fingerprint density at radius 3 is 2.84 bits per heavy atom. The number of hydrogen-bond acceptors (Lipinski definition) is 8. The van der Waals surface area contributed by atoms with Gasteiger partial charge in [-0.15, -0.1) is 10.6 Å². The molecule has 1 aromatic heterocycles. The first-order valence-electron chi connectivity index (χ1n) is 11.5. The van der Waals surface area contributed by atoms with E-state index in [1.165, 1.54) is 26.4 Å². The molecule has 2 aromatic carbocycles. The number of benzene rings is 2. The van der Waals surface area contributed by atoms with Gasteiger partial charge in [-0.1, -0.05) is 11.6 Å². The number of methoxy groups -OCH3 is 2. The second-order valence-electron chi connectivity index (χ2n) is 8.47. The van der Waals surface area contributed by atoms with E-state index < -0.39 is 24.0 Å². The third kappa shape index (κ3) is 4.68. The lowest BCUT2D eigenvalue weighted by molar-refractivity contribution is -0.135. The molecule has 2 aliphatic rings. The van der Waals surface area contributed by atoms with Gasteiger partial charge in [-0.3, -0.25) is 9.80 Å². The smallest absolute Gasteiger partial charge is 0.311 e. The molecule has 0 saturated heterocycles. The van der Waals surface area contributed by atoms with Crippen molar-refractivity contribution in [2.75, 3.05) is 20.8 Å². The van der Waals surface area contributed by atoms with E-state index in [0.717, 1.165) is 11.4 Å². The summed E-state index contributed by atoms with van der Waals surface area (Å²) in [4.78, 5) is 11.2. The topological polar surface area (TPSA) is 110 Å². The van der Waals surface area contributed by atoms with E-state index in [2.05, 4.69) is 16.2 Å². The minimum Gasteiger partial charge on any atom is -0.493 e. The summed E-state index contributed by atoms with van der Waals surface area (Å²) in [6.07, 6.45) is 0.673. The van der Waals surface area contributed by atoms with Crippen molar-refractivity contribution in [1.82, 2.24) is 20.6 Å². The van der Waals surface area contributed by atoms with Crippen LogP contribution in [0.15, 0.2) is 53.8 Å². The van der Waals surface area contributed by atoms with Gasteiger partial charge < -0.3 is 23.9 Å². The molecule has 5 rings (SSSR count). The van der Waals surface area contributed by atoms with E-state index in [1.807, 2.05) is 29.0 Å². The van der Waals surface area contributed by atoms with Crippen LogP contribution in [0.4, 0.5) is 4.39 Å². The van der Waals surface area contributed by atoms with Crippen molar-refractivity contribution in [3.8, 4) is 17.2 Å².